The number of hydrogen-bond acceptors (Lipinski definition) is 5. The molecule has 1 aliphatic heterocycles. The van der Waals surface area contributed by atoms with Crippen molar-refractivity contribution in [3.8, 4) is 11.7 Å². The maximum absolute atomic E-state index is 13.7. The quantitative estimate of drug-likeness (QED) is 0.738. The number of rotatable bonds is 4. The van der Waals surface area contributed by atoms with E-state index in [4.69, 9.17) is 8.83 Å². The summed E-state index contributed by atoms with van der Waals surface area (Å²) in [6.45, 7) is 2.27. The summed E-state index contributed by atoms with van der Waals surface area (Å²) >= 11 is 0. The average molecular weight is 313 g/mol. The van der Waals surface area contributed by atoms with Crippen molar-refractivity contribution >= 4 is 0 Å². The molecule has 4 rings (SSSR count). The zero-order chi connectivity index (χ0) is 15.6. The van der Waals surface area contributed by atoms with Crippen molar-refractivity contribution in [2.75, 3.05) is 13.1 Å². The van der Waals surface area contributed by atoms with E-state index in [1.54, 1.807) is 24.5 Å². The van der Waals surface area contributed by atoms with Gasteiger partial charge in [-0.3, -0.25) is 4.90 Å². The molecule has 0 N–H and O–H groups in total. The second-order valence-corrected chi connectivity index (χ2v) is 5.73. The fourth-order valence-electron chi connectivity index (χ4n) is 2.94. The molecule has 0 unspecified atom stereocenters. The highest BCUT2D eigenvalue weighted by molar-refractivity contribution is 5.42. The summed E-state index contributed by atoms with van der Waals surface area (Å²) in [6.07, 6.45) is 2.50. The van der Waals surface area contributed by atoms with Gasteiger partial charge in [0.25, 0.3) is 5.89 Å². The molecule has 23 heavy (non-hydrogen) atoms. The number of likely N-dealkylation sites (tertiary alicyclic amines) is 1. The number of halogens is 1. The SMILES string of the molecule is Fc1ccccc1CN1CC[C@H](c2nnc(-c3ccco3)o2)C1. The second-order valence-electron chi connectivity index (χ2n) is 5.73. The molecule has 6 heteroatoms. The number of furan rings is 1. The zero-order valence-corrected chi connectivity index (χ0v) is 12.5. The molecule has 1 atom stereocenters. The third-order valence-corrected chi connectivity index (χ3v) is 4.15. The van der Waals surface area contributed by atoms with Gasteiger partial charge >= 0.3 is 0 Å². The van der Waals surface area contributed by atoms with E-state index in [1.165, 1.54) is 6.07 Å². The first-order chi connectivity index (χ1) is 11.3. The Hall–Kier alpha value is -2.47. The van der Waals surface area contributed by atoms with Crippen LogP contribution in [0.4, 0.5) is 4.39 Å². The first-order valence-corrected chi connectivity index (χ1v) is 7.62. The van der Waals surface area contributed by atoms with Gasteiger partial charge in [-0.2, -0.15) is 0 Å². The zero-order valence-electron chi connectivity index (χ0n) is 12.5. The van der Waals surface area contributed by atoms with Crippen molar-refractivity contribution in [1.82, 2.24) is 15.1 Å². The van der Waals surface area contributed by atoms with Crippen LogP contribution in [0.3, 0.4) is 0 Å². The van der Waals surface area contributed by atoms with E-state index in [0.717, 1.165) is 25.1 Å². The van der Waals surface area contributed by atoms with Crippen molar-refractivity contribution in [1.29, 1.82) is 0 Å². The summed E-state index contributed by atoms with van der Waals surface area (Å²) in [4.78, 5) is 2.21. The van der Waals surface area contributed by atoms with Crippen LogP contribution in [0.15, 0.2) is 51.5 Å². The van der Waals surface area contributed by atoms with Crippen LogP contribution >= 0.6 is 0 Å². The van der Waals surface area contributed by atoms with Crippen LogP contribution in [-0.2, 0) is 6.54 Å². The monoisotopic (exact) mass is 313 g/mol. The fraction of sp³-hybridized carbons (Fsp3) is 0.294. The van der Waals surface area contributed by atoms with Gasteiger partial charge in [0.05, 0.1) is 12.2 Å². The number of nitrogens with zero attached hydrogens (tertiary/aromatic N) is 3. The molecule has 0 bridgehead atoms. The van der Waals surface area contributed by atoms with Crippen LogP contribution in [0, 0.1) is 5.82 Å². The van der Waals surface area contributed by atoms with Gasteiger partial charge < -0.3 is 8.83 Å². The third kappa shape index (κ3) is 2.90. The molecule has 118 valence electrons. The van der Waals surface area contributed by atoms with Crippen LogP contribution in [0.25, 0.3) is 11.7 Å². The van der Waals surface area contributed by atoms with E-state index in [-0.39, 0.29) is 11.7 Å². The van der Waals surface area contributed by atoms with Gasteiger partial charge in [-0.25, -0.2) is 4.39 Å². The summed E-state index contributed by atoms with van der Waals surface area (Å²) in [5, 5.41) is 8.17. The normalized spacial score (nSPS) is 18.6. The van der Waals surface area contributed by atoms with Crippen molar-refractivity contribution in [3.05, 3.63) is 59.9 Å². The van der Waals surface area contributed by atoms with Crippen molar-refractivity contribution in [2.45, 2.75) is 18.9 Å². The Morgan fingerprint density at radius 3 is 2.91 bits per heavy atom. The molecule has 1 fully saturated rings. The van der Waals surface area contributed by atoms with E-state index in [2.05, 4.69) is 15.1 Å². The van der Waals surface area contributed by atoms with Crippen molar-refractivity contribution in [2.24, 2.45) is 0 Å². The largest absolute Gasteiger partial charge is 0.459 e. The molecule has 3 heterocycles. The molecule has 3 aromatic rings. The van der Waals surface area contributed by atoms with Gasteiger partial charge in [0.2, 0.25) is 5.89 Å². The maximum Gasteiger partial charge on any atom is 0.283 e. The second kappa shape index (κ2) is 5.96. The van der Waals surface area contributed by atoms with Gasteiger partial charge in [-0.15, -0.1) is 10.2 Å². The minimum absolute atomic E-state index is 0.158. The smallest absolute Gasteiger partial charge is 0.283 e. The van der Waals surface area contributed by atoms with Crippen LogP contribution < -0.4 is 0 Å². The maximum atomic E-state index is 13.7. The van der Waals surface area contributed by atoms with Crippen LogP contribution in [-0.4, -0.2) is 28.2 Å². The van der Waals surface area contributed by atoms with Crippen LogP contribution in [0.1, 0.15) is 23.8 Å². The van der Waals surface area contributed by atoms with E-state index in [0.29, 0.717) is 24.1 Å². The van der Waals surface area contributed by atoms with Crippen molar-refractivity contribution < 1.29 is 13.2 Å². The molecular weight excluding hydrogens is 297 g/mol. The Kier molecular flexibility index (Phi) is 3.67. The van der Waals surface area contributed by atoms with Gasteiger partial charge in [0.15, 0.2) is 5.76 Å². The Morgan fingerprint density at radius 2 is 2.09 bits per heavy atom. The highest BCUT2D eigenvalue weighted by Crippen LogP contribution is 2.29. The van der Waals surface area contributed by atoms with E-state index in [1.807, 2.05) is 12.1 Å². The lowest BCUT2D eigenvalue weighted by Crippen LogP contribution is -2.20. The van der Waals surface area contributed by atoms with Crippen molar-refractivity contribution in [3.63, 3.8) is 0 Å². The summed E-state index contributed by atoms with van der Waals surface area (Å²) in [7, 11) is 0. The molecule has 0 amide bonds. The van der Waals surface area contributed by atoms with E-state index < -0.39 is 0 Å². The molecule has 0 aliphatic carbocycles. The molecular formula is C17H16FN3O2. The minimum Gasteiger partial charge on any atom is -0.459 e. The highest BCUT2D eigenvalue weighted by atomic mass is 19.1. The lowest BCUT2D eigenvalue weighted by Gasteiger charge is -2.15. The van der Waals surface area contributed by atoms with Crippen LogP contribution in [0.2, 0.25) is 0 Å². The Balaban J connectivity index is 1.43. The van der Waals surface area contributed by atoms with Gasteiger partial charge in [-0.05, 0) is 31.2 Å². The molecule has 1 saturated heterocycles. The van der Waals surface area contributed by atoms with Crippen LogP contribution in [0.5, 0.6) is 0 Å². The minimum atomic E-state index is -0.158. The first-order valence-electron chi connectivity index (χ1n) is 7.62. The van der Waals surface area contributed by atoms with Gasteiger partial charge in [-0.1, -0.05) is 18.2 Å². The summed E-state index contributed by atoms with van der Waals surface area (Å²) in [5.41, 5.74) is 0.718. The topological polar surface area (TPSA) is 55.3 Å². The van der Waals surface area contributed by atoms with Gasteiger partial charge in [0, 0.05) is 18.7 Å². The number of aromatic nitrogens is 2. The number of benzene rings is 1. The molecule has 2 aromatic heterocycles. The Labute approximate surface area is 132 Å². The van der Waals surface area contributed by atoms with E-state index in [9.17, 15) is 4.39 Å². The molecule has 1 aliphatic rings. The highest BCUT2D eigenvalue weighted by Gasteiger charge is 2.29. The molecule has 0 radical (unpaired) electrons. The molecule has 0 saturated carbocycles. The number of hydrogen-bond donors (Lipinski definition) is 0. The first kappa shape index (κ1) is 14.1. The Morgan fingerprint density at radius 1 is 1.17 bits per heavy atom. The summed E-state index contributed by atoms with van der Waals surface area (Å²) in [6, 6.07) is 10.5. The fourth-order valence-corrected chi connectivity index (χ4v) is 2.94. The van der Waals surface area contributed by atoms with E-state index >= 15 is 0 Å². The lowest BCUT2D eigenvalue weighted by atomic mass is 10.1. The summed E-state index contributed by atoms with van der Waals surface area (Å²) < 4.78 is 24.7. The molecule has 5 nitrogen and oxygen atoms in total. The predicted octanol–water partition coefficient (Wildman–Crippen LogP) is 3.46. The average Bonchev–Trinajstić information content (AvgIpc) is 3.30. The van der Waals surface area contributed by atoms with Gasteiger partial charge in [0.1, 0.15) is 5.82 Å². The lowest BCUT2D eigenvalue weighted by molar-refractivity contribution is 0.315. The molecule has 1 aromatic carbocycles. The third-order valence-electron chi connectivity index (χ3n) is 4.15. The predicted molar refractivity (Wildman–Crippen MR) is 81.0 cm³/mol. The Bertz CT molecular complexity index is 785. The standard InChI is InChI=1S/C17H16FN3O2/c18-14-5-2-1-4-12(14)10-21-8-7-13(11-21)16-19-20-17(23-16)15-6-3-9-22-15/h1-6,9,13H,7-8,10-11H2/t13-/m0/s1. The summed E-state index contributed by atoms with van der Waals surface area (Å²) in [5.74, 6) is 1.61. The molecule has 0 spiro atoms.